The van der Waals surface area contributed by atoms with Gasteiger partial charge in [0.15, 0.2) is 0 Å². The first-order chi connectivity index (χ1) is 12.5. The quantitative estimate of drug-likeness (QED) is 0.476. The van der Waals surface area contributed by atoms with E-state index in [-0.39, 0.29) is 11.7 Å². The third-order valence-electron chi connectivity index (χ3n) is 4.14. The maximum absolute atomic E-state index is 12.3. The Morgan fingerprint density at radius 1 is 1.00 bits per heavy atom. The summed E-state index contributed by atoms with van der Waals surface area (Å²) in [6.45, 7) is 4.41. The molecule has 0 atom stereocenters. The molecular formula is C21H21N3O2. The molecule has 5 heteroatoms. The van der Waals surface area contributed by atoms with Crippen LogP contribution in [0.25, 0.3) is 0 Å². The SMILES string of the molecule is Cc1ccc(CNc2ccccc2C(=N)NC(=O)c2ccoc2C)cc1. The largest absolute Gasteiger partial charge is 0.469 e. The lowest BCUT2D eigenvalue weighted by Crippen LogP contribution is -2.31. The number of furan rings is 1. The van der Waals surface area contributed by atoms with Crippen molar-refractivity contribution in [1.82, 2.24) is 5.32 Å². The Hall–Kier alpha value is -3.34. The van der Waals surface area contributed by atoms with Crippen LogP contribution in [0, 0.1) is 19.3 Å². The molecule has 0 aliphatic heterocycles. The smallest absolute Gasteiger partial charge is 0.260 e. The summed E-state index contributed by atoms with van der Waals surface area (Å²) in [6, 6.07) is 17.3. The molecule has 3 rings (SSSR count). The van der Waals surface area contributed by atoms with Crippen molar-refractivity contribution in [2.75, 3.05) is 5.32 Å². The normalized spacial score (nSPS) is 10.4. The zero-order chi connectivity index (χ0) is 18.5. The van der Waals surface area contributed by atoms with Crippen molar-refractivity contribution in [1.29, 1.82) is 5.41 Å². The highest BCUT2D eigenvalue weighted by molar-refractivity contribution is 6.13. The molecule has 0 spiro atoms. The first-order valence-corrected chi connectivity index (χ1v) is 8.37. The molecule has 0 saturated carbocycles. The Bertz CT molecular complexity index is 926. The number of amides is 1. The van der Waals surface area contributed by atoms with Crippen molar-refractivity contribution in [3.63, 3.8) is 0 Å². The van der Waals surface area contributed by atoms with Crippen molar-refractivity contribution in [2.24, 2.45) is 0 Å². The van der Waals surface area contributed by atoms with Crippen molar-refractivity contribution < 1.29 is 9.21 Å². The van der Waals surface area contributed by atoms with Crippen LogP contribution in [0.4, 0.5) is 5.69 Å². The molecule has 2 aromatic carbocycles. The van der Waals surface area contributed by atoms with Gasteiger partial charge in [-0.25, -0.2) is 0 Å². The van der Waals surface area contributed by atoms with Crippen LogP contribution in [0.15, 0.2) is 65.3 Å². The molecule has 132 valence electrons. The number of carbonyl (C=O) groups is 1. The van der Waals surface area contributed by atoms with E-state index in [1.54, 1.807) is 13.0 Å². The van der Waals surface area contributed by atoms with Crippen molar-refractivity contribution in [3.8, 4) is 0 Å². The van der Waals surface area contributed by atoms with Gasteiger partial charge < -0.3 is 15.1 Å². The van der Waals surface area contributed by atoms with Crippen LogP contribution in [0.1, 0.15) is 32.8 Å². The molecule has 0 unspecified atom stereocenters. The minimum atomic E-state index is -0.352. The van der Waals surface area contributed by atoms with Crippen molar-refractivity contribution in [2.45, 2.75) is 20.4 Å². The number of nitrogens with one attached hydrogen (secondary N) is 3. The van der Waals surface area contributed by atoms with Gasteiger partial charge in [-0.2, -0.15) is 0 Å². The topological polar surface area (TPSA) is 78.1 Å². The predicted octanol–water partition coefficient (Wildman–Crippen LogP) is 4.26. The molecule has 26 heavy (non-hydrogen) atoms. The molecule has 3 aromatic rings. The molecule has 1 heterocycles. The van der Waals surface area contributed by atoms with Crippen molar-refractivity contribution in [3.05, 3.63) is 88.9 Å². The number of rotatable bonds is 5. The lowest BCUT2D eigenvalue weighted by Gasteiger charge is -2.14. The molecule has 3 N–H and O–H groups in total. The fourth-order valence-corrected chi connectivity index (χ4v) is 2.63. The van der Waals surface area contributed by atoms with E-state index >= 15 is 0 Å². The molecule has 5 nitrogen and oxygen atoms in total. The van der Waals surface area contributed by atoms with Crippen LogP contribution in [0.3, 0.4) is 0 Å². The summed E-state index contributed by atoms with van der Waals surface area (Å²) in [7, 11) is 0. The van der Waals surface area contributed by atoms with Gasteiger partial charge in [0.05, 0.1) is 11.8 Å². The van der Waals surface area contributed by atoms with Gasteiger partial charge in [-0.3, -0.25) is 10.2 Å². The average molecular weight is 347 g/mol. The van der Waals surface area contributed by atoms with Crippen LogP contribution in [-0.2, 0) is 6.54 Å². The van der Waals surface area contributed by atoms with Gasteiger partial charge in [-0.05, 0) is 37.6 Å². The summed E-state index contributed by atoms with van der Waals surface area (Å²) in [5, 5.41) is 14.3. The summed E-state index contributed by atoms with van der Waals surface area (Å²) < 4.78 is 5.15. The molecule has 0 fully saturated rings. The third-order valence-corrected chi connectivity index (χ3v) is 4.14. The van der Waals surface area contributed by atoms with Gasteiger partial charge >= 0.3 is 0 Å². The maximum atomic E-state index is 12.3. The van der Waals surface area contributed by atoms with E-state index in [0.717, 1.165) is 11.3 Å². The minimum absolute atomic E-state index is 0.0441. The second-order valence-electron chi connectivity index (χ2n) is 6.10. The fourth-order valence-electron chi connectivity index (χ4n) is 2.63. The Balaban J connectivity index is 1.71. The second-order valence-corrected chi connectivity index (χ2v) is 6.10. The Morgan fingerprint density at radius 3 is 2.42 bits per heavy atom. The summed E-state index contributed by atoms with van der Waals surface area (Å²) in [4.78, 5) is 12.3. The zero-order valence-electron chi connectivity index (χ0n) is 14.8. The lowest BCUT2D eigenvalue weighted by atomic mass is 10.1. The molecule has 0 aliphatic rings. The standard InChI is InChI=1S/C21H21N3O2/c1-14-7-9-16(10-8-14)13-23-19-6-4-3-5-18(19)20(22)24-21(25)17-11-12-26-15(17)2/h3-12,23H,13H2,1-2H3,(H2,22,24,25). The highest BCUT2D eigenvalue weighted by Gasteiger charge is 2.15. The van der Waals surface area contributed by atoms with E-state index in [2.05, 4.69) is 41.8 Å². The maximum Gasteiger partial charge on any atom is 0.260 e. The van der Waals surface area contributed by atoms with Gasteiger partial charge in [-0.15, -0.1) is 0 Å². The number of carbonyl (C=O) groups excluding carboxylic acids is 1. The zero-order valence-corrected chi connectivity index (χ0v) is 14.8. The summed E-state index contributed by atoms with van der Waals surface area (Å²) in [5.74, 6) is 0.221. The van der Waals surface area contributed by atoms with Gasteiger partial charge in [0.2, 0.25) is 0 Å². The van der Waals surface area contributed by atoms with Crippen LogP contribution in [0.2, 0.25) is 0 Å². The van der Waals surface area contributed by atoms with Gasteiger partial charge in [0, 0.05) is 17.8 Å². The van der Waals surface area contributed by atoms with Gasteiger partial charge in [0.25, 0.3) is 5.91 Å². The van der Waals surface area contributed by atoms with Gasteiger partial charge in [-0.1, -0.05) is 42.0 Å². The second kappa shape index (κ2) is 7.70. The van der Waals surface area contributed by atoms with Crippen LogP contribution < -0.4 is 10.6 Å². The number of hydrogen-bond donors (Lipinski definition) is 3. The summed E-state index contributed by atoms with van der Waals surface area (Å²) >= 11 is 0. The Kier molecular flexibility index (Phi) is 5.17. The molecule has 0 saturated heterocycles. The highest BCUT2D eigenvalue weighted by atomic mass is 16.3. The van der Waals surface area contributed by atoms with E-state index in [9.17, 15) is 4.79 Å². The number of para-hydroxylation sites is 1. The molecule has 0 radical (unpaired) electrons. The van der Waals surface area contributed by atoms with E-state index in [0.29, 0.717) is 23.4 Å². The molecule has 0 aliphatic carbocycles. The lowest BCUT2D eigenvalue weighted by molar-refractivity contribution is 0.0975. The van der Waals surface area contributed by atoms with E-state index < -0.39 is 0 Å². The average Bonchev–Trinajstić information content (AvgIpc) is 3.07. The molecule has 1 amide bonds. The van der Waals surface area contributed by atoms with E-state index in [1.165, 1.54) is 11.8 Å². The number of anilines is 1. The molecular weight excluding hydrogens is 326 g/mol. The van der Waals surface area contributed by atoms with Crippen LogP contribution >= 0.6 is 0 Å². The summed E-state index contributed by atoms with van der Waals surface area (Å²) in [5.41, 5.74) is 4.22. The first kappa shape index (κ1) is 17.5. The highest BCUT2D eigenvalue weighted by Crippen LogP contribution is 2.17. The molecule has 0 bridgehead atoms. The fraction of sp³-hybridized carbons (Fsp3) is 0.143. The Labute approximate surface area is 152 Å². The van der Waals surface area contributed by atoms with Gasteiger partial charge in [0.1, 0.15) is 11.6 Å². The third kappa shape index (κ3) is 4.00. The number of hydrogen-bond acceptors (Lipinski definition) is 4. The predicted molar refractivity (Wildman–Crippen MR) is 103 cm³/mol. The number of benzene rings is 2. The number of amidine groups is 1. The van der Waals surface area contributed by atoms with E-state index in [1.807, 2.05) is 24.3 Å². The first-order valence-electron chi connectivity index (χ1n) is 8.37. The van der Waals surface area contributed by atoms with Crippen LogP contribution in [0.5, 0.6) is 0 Å². The van der Waals surface area contributed by atoms with E-state index in [4.69, 9.17) is 9.83 Å². The monoisotopic (exact) mass is 347 g/mol. The minimum Gasteiger partial charge on any atom is -0.469 e. The van der Waals surface area contributed by atoms with Crippen LogP contribution in [-0.4, -0.2) is 11.7 Å². The van der Waals surface area contributed by atoms with Crippen molar-refractivity contribution >= 4 is 17.4 Å². The summed E-state index contributed by atoms with van der Waals surface area (Å²) in [6.07, 6.45) is 1.46. The Morgan fingerprint density at radius 2 is 1.73 bits per heavy atom. The molecule has 1 aromatic heterocycles. The number of aryl methyl sites for hydroxylation is 2.